The van der Waals surface area contributed by atoms with Crippen LogP contribution in [0.1, 0.15) is 59.5 Å². The summed E-state index contributed by atoms with van der Waals surface area (Å²) in [6.45, 7) is 4.13. The Kier molecular flexibility index (Phi) is 5.93. The van der Waals surface area contributed by atoms with Gasteiger partial charge in [0.2, 0.25) is 5.91 Å². The van der Waals surface area contributed by atoms with Crippen molar-refractivity contribution in [1.82, 2.24) is 10.3 Å². The van der Waals surface area contributed by atoms with Crippen molar-refractivity contribution in [2.45, 2.75) is 57.4 Å². The van der Waals surface area contributed by atoms with Gasteiger partial charge in [-0.15, -0.1) is 0 Å². The Morgan fingerprint density at radius 3 is 2.62 bits per heavy atom. The van der Waals surface area contributed by atoms with Gasteiger partial charge in [-0.2, -0.15) is 0 Å². The van der Waals surface area contributed by atoms with Crippen LogP contribution < -0.4 is 5.32 Å². The van der Waals surface area contributed by atoms with Crippen LogP contribution in [0.3, 0.4) is 0 Å². The predicted octanol–water partition coefficient (Wildman–Crippen LogP) is 4.74. The number of hydrogen-bond donors (Lipinski definition) is 4. The third-order valence-corrected chi connectivity index (χ3v) is 7.79. The fourth-order valence-electron chi connectivity index (χ4n) is 5.06. The normalized spacial score (nSPS) is 18.1. The van der Waals surface area contributed by atoms with Crippen molar-refractivity contribution >= 4 is 24.6 Å². The number of phosphoric acid groups is 1. The standard InChI is InChI=1S/C26H31N2O5P/c1-16-3-7-21(17(2)13-16)24(18-4-5-18)28-25(29)26(10-11-26)20-6-8-23-22(14-20)19(15-27-23)9-12-33-34(30,31)32/h3,6-8,13-15,18,24,27H,4-5,9-12H2,1-2H3,(H,28,29)(H2,30,31,32). The smallest absolute Gasteiger partial charge is 0.361 e. The summed E-state index contributed by atoms with van der Waals surface area (Å²) in [7, 11) is -4.50. The average Bonchev–Trinajstić information content (AvgIpc) is 3.69. The van der Waals surface area contributed by atoms with E-state index >= 15 is 0 Å². The molecule has 0 saturated heterocycles. The summed E-state index contributed by atoms with van der Waals surface area (Å²) in [5.41, 5.74) is 5.97. The first kappa shape index (κ1) is 23.3. The van der Waals surface area contributed by atoms with Crippen LogP contribution in [0.15, 0.2) is 42.6 Å². The van der Waals surface area contributed by atoms with Gasteiger partial charge in [0.05, 0.1) is 18.1 Å². The van der Waals surface area contributed by atoms with Crippen LogP contribution in [0.4, 0.5) is 0 Å². The summed E-state index contributed by atoms with van der Waals surface area (Å²) in [6.07, 6.45) is 6.11. The Bertz CT molecular complexity index is 1290. The summed E-state index contributed by atoms with van der Waals surface area (Å²) in [4.78, 5) is 34.7. The number of amides is 1. The van der Waals surface area contributed by atoms with E-state index in [2.05, 4.69) is 52.9 Å². The SMILES string of the molecule is Cc1ccc(C(NC(=O)C2(c3ccc4[nH]cc(CCOP(=O)(O)O)c4c3)CC2)C2CC2)c(C)c1. The molecule has 1 aromatic heterocycles. The largest absolute Gasteiger partial charge is 0.469 e. The second-order valence-corrected chi connectivity index (χ2v) is 11.1. The Morgan fingerprint density at radius 2 is 1.97 bits per heavy atom. The fraction of sp³-hybridized carbons (Fsp3) is 0.423. The number of carbonyl (C=O) groups excluding carboxylic acids is 1. The number of fused-ring (bicyclic) bond motifs is 1. The molecule has 1 atom stereocenters. The highest BCUT2D eigenvalue weighted by Crippen LogP contribution is 2.51. The van der Waals surface area contributed by atoms with Crippen LogP contribution in [0.2, 0.25) is 0 Å². The van der Waals surface area contributed by atoms with Crippen molar-refractivity contribution in [3.63, 3.8) is 0 Å². The molecule has 2 saturated carbocycles. The van der Waals surface area contributed by atoms with Gasteiger partial charge in [-0.05, 0) is 86.3 Å². The molecule has 1 heterocycles. The number of aromatic amines is 1. The second-order valence-electron chi connectivity index (χ2n) is 9.88. The van der Waals surface area contributed by atoms with Gasteiger partial charge in [0.1, 0.15) is 0 Å². The predicted molar refractivity (Wildman–Crippen MR) is 130 cm³/mol. The van der Waals surface area contributed by atoms with E-state index in [1.165, 1.54) is 16.7 Å². The first-order chi connectivity index (χ1) is 16.2. The molecule has 0 aliphatic heterocycles. The van der Waals surface area contributed by atoms with Crippen molar-refractivity contribution in [3.8, 4) is 0 Å². The van der Waals surface area contributed by atoms with Crippen LogP contribution in [0.25, 0.3) is 10.9 Å². The number of nitrogens with one attached hydrogen (secondary N) is 2. The van der Waals surface area contributed by atoms with E-state index < -0.39 is 13.2 Å². The molecule has 5 rings (SSSR count). The van der Waals surface area contributed by atoms with E-state index in [1.807, 2.05) is 18.3 Å². The summed E-state index contributed by atoms with van der Waals surface area (Å²) in [5, 5.41) is 4.37. The first-order valence-corrected chi connectivity index (χ1v) is 13.4. The van der Waals surface area contributed by atoms with Gasteiger partial charge in [0, 0.05) is 17.1 Å². The summed E-state index contributed by atoms with van der Waals surface area (Å²) < 4.78 is 15.6. The maximum atomic E-state index is 13.6. The van der Waals surface area contributed by atoms with Crippen molar-refractivity contribution in [2.24, 2.45) is 5.92 Å². The monoisotopic (exact) mass is 482 g/mol. The first-order valence-electron chi connectivity index (χ1n) is 11.8. The van der Waals surface area contributed by atoms with Crippen molar-refractivity contribution in [1.29, 1.82) is 0 Å². The highest BCUT2D eigenvalue weighted by atomic mass is 31.2. The van der Waals surface area contributed by atoms with E-state index in [0.717, 1.165) is 47.7 Å². The lowest BCUT2D eigenvalue weighted by Gasteiger charge is -2.25. The molecule has 4 N–H and O–H groups in total. The van der Waals surface area contributed by atoms with Gasteiger partial charge in [-0.1, -0.05) is 29.8 Å². The maximum Gasteiger partial charge on any atom is 0.469 e. The summed E-state index contributed by atoms with van der Waals surface area (Å²) in [5.74, 6) is 0.583. The molecule has 0 bridgehead atoms. The Morgan fingerprint density at radius 1 is 1.21 bits per heavy atom. The van der Waals surface area contributed by atoms with E-state index in [1.54, 1.807) is 0 Å². The minimum atomic E-state index is -4.50. The lowest BCUT2D eigenvalue weighted by Crippen LogP contribution is -2.38. The second kappa shape index (κ2) is 8.65. The van der Waals surface area contributed by atoms with Crippen LogP contribution in [-0.2, 0) is 25.7 Å². The Labute approximate surface area is 199 Å². The van der Waals surface area contributed by atoms with Crippen LogP contribution in [-0.4, -0.2) is 27.3 Å². The van der Waals surface area contributed by atoms with Crippen LogP contribution >= 0.6 is 7.82 Å². The molecule has 3 aromatic rings. The number of hydrogen-bond acceptors (Lipinski definition) is 3. The van der Waals surface area contributed by atoms with Gasteiger partial charge in [-0.25, -0.2) is 4.57 Å². The zero-order valence-electron chi connectivity index (χ0n) is 19.5. The lowest BCUT2D eigenvalue weighted by atomic mass is 9.91. The van der Waals surface area contributed by atoms with E-state index in [-0.39, 0.29) is 18.6 Å². The van der Waals surface area contributed by atoms with E-state index in [0.29, 0.717) is 12.3 Å². The number of H-pyrrole nitrogens is 1. The number of carbonyl (C=O) groups is 1. The molecule has 2 fully saturated rings. The van der Waals surface area contributed by atoms with Crippen LogP contribution in [0, 0.1) is 19.8 Å². The van der Waals surface area contributed by atoms with Gasteiger partial charge < -0.3 is 20.1 Å². The zero-order valence-corrected chi connectivity index (χ0v) is 20.4. The summed E-state index contributed by atoms with van der Waals surface area (Å²) >= 11 is 0. The molecule has 8 heteroatoms. The molecule has 34 heavy (non-hydrogen) atoms. The molecule has 2 aromatic carbocycles. The lowest BCUT2D eigenvalue weighted by molar-refractivity contribution is -0.124. The van der Waals surface area contributed by atoms with Crippen molar-refractivity contribution in [2.75, 3.05) is 6.61 Å². The molecule has 0 spiro atoms. The minimum Gasteiger partial charge on any atom is -0.361 e. The fourth-order valence-corrected chi connectivity index (χ4v) is 5.39. The number of aromatic nitrogens is 1. The topological polar surface area (TPSA) is 112 Å². The molecule has 180 valence electrons. The number of aryl methyl sites for hydroxylation is 2. The molecule has 0 radical (unpaired) electrons. The number of rotatable bonds is 9. The summed E-state index contributed by atoms with van der Waals surface area (Å²) in [6, 6.07) is 12.6. The van der Waals surface area contributed by atoms with Gasteiger partial charge in [0.15, 0.2) is 0 Å². The minimum absolute atomic E-state index is 0.0435. The van der Waals surface area contributed by atoms with Gasteiger partial charge >= 0.3 is 7.82 Å². The highest BCUT2D eigenvalue weighted by molar-refractivity contribution is 7.46. The van der Waals surface area contributed by atoms with Gasteiger partial charge in [0.25, 0.3) is 0 Å². The third-order valence-electron chi connectivity index (χ3n) is 7.28. The van der Waals surface area contributed by atoms with Crippen molar-refractivity contribution in [3.05, 3.63) is 70.4 Å². The quantitative estimate of drug-likeness (QED) is 0.329. The number of phosphoric ester groups is 1. The molecule has 1 amide bonds. The molecule has 2 aliphatic rings. The van der Waals surface area contributed by atoms with E-state index in [9.17, 15) is 9.36 Å². The Hall–Kier alpha value is -2.44. The van der Waals surface area contributed by atoms with E-state index in [4.69, 9.17) is 9.79 Å². The molecule has 7 nitrogen and oxygen atoms in total. The Balaban J connectivity index is 1.37. The van der Waals surface area contributed by atoms with Crippen molar-refractivity contribution < 1.29 is 23.7 Å². The highest BCUT2D eigenvalue weighted by Gasteiger charge is 2.52. The van der Waals surface area contributed by atoms with Gasteiger partial charge in [-0.3, -0.25) is 9.32 Å². The number of benzene rings is 2. The molecular weight excluding hydrogens is 451 g/mol. The molecule has 1 unspecified atom stereocenters. The average molecular weight is 483 g/mol. The molecular formula is C26H31N2O5P. The zero-order chi connectivity index (χ0) is 24.1. The molecule has 2 aliphatic carbocycles. The maximum absolute atomic E-state index is 13.6. The third kappa shape index (κ3) is 4.71. The van der Waals surface area contributed by atoms with Crippen LogP contribution in [0.5, 0.6) is 0 Å².